The molecule has 0 bridgehead atoms. The first-order valence-corrected chi connectivity index (χ1v) is 9.91. The average molecular weight is 407 g/mol. The maximum atomic E-state index is 13.3. The number of likely N-dealkylation sites (tertiary alicyclic amines) is 1. The highest BCUT2D eigenvalue weighted by molar-refractivity contribution is 5.56. The Bertz CT molecular complexity index is 804. The van der Waals surface area contributed by atoms with Crippen LogP contribution in [-0.4, -0.2) is 58.7 Å². The maximum Gasteiger partial charge on any atom is 0.433 e. The van der Waals surface area contributed by atoms with Gasteiger partial charge in [0.05, 0.1) is 6.61 Å². The molecule has 0 spiro atoms. The molecular formula is C20H24F3N5O. The molecule has 4 rings (SSSR count). The number of piperidine rings is 1. The molecular weight excluding hydrogens is 383 g/mol. The van der Waals surface area contributed by atoms with E-state index in [1.165, 1.54) is 6.20 Å². The van der Waals surface area contributed by atoms with E-state index in [-0.39, 0.29) is 17.7 Å². The molecule has 0 amide bonds. The minimum Gasteiger partial charge on any atom is -0.381 e. The summed E-state index contributed by atoms with van der Waals surface area (Å²) in [6, 6.07) is 4.38. The van der Waals surface area contributed by atoms with Crippen molar-refractivity contribution < 1.29 is 17.9 Å². The van der Waals surface area contributed by atoms with Gasteiger partial charge in [-0.15, -0.1) is 0 Å². The van der Waals surface area contributed by atoms with Gasteiger partial charge in [-0.25, -0.2) is 9.97 Å². The molecule has 0 radical (unpaired) electrons. The number of ether oxygens (including phenoxy) is 1. The smallest absolute Gasteiger partial charge is 0.381 e. The SMILES string of the molecule is FC(F)(F)c1cc(NC2CCN(CC3CCOC3)CC2)nc(-c2cccnc2)n1. The van der Waals surface area contributed by atoms with Crippen LogP contribution in [0.25, 0.3) is 11.4 Å². The summed E-state index contributed by atoms with van der Waals surface area (Å²) in [5.74, 6) is 0.820. The van der Waals surface area contributed by atoms with Gasteiger partial charge in [0.1, 0.15) is 5.82 Å². The average Bonchev–Trinajstić information content (AvgIpc) is 3.22. The van der Waals surface area contributed by atoms with E-state index in [2.05, 4.69) is 25.2 Å². The Morgan fingerprint density at radius 3 is 2.66 bits per heavy atom. The van der Waals surface area contributed by atoms with Gasteiger partial charge in [-0.2, -0.15) is 13.2 Å². The predicted molar refractivity (Wildman–Crippen MR) is 102 cm³/mol. The van der Waals surface area contributed by atoms with E-state index < -0.39 is 11.9 Å². The topological polar surface area (TPSA) is 63.2 Å². The van der Waals surface area contributed by atoms with Gasteiger partial charge in [0.25, 0.3) is 0 Å². The van der Waals surface area contributed by atoms with Gasteiger partial charge in [0, 0.05) is 56.3 Å². The fraction of sp³-hybridized carbons (Fsp3) is 0.550. The predicted octanol–water partition coefficient (Wildman–Crippen LogP) is 3.47. The molecule has 2 fully saturated rings. The van der Waals surface area contributed by atoms with Crippen LogP contribution in [0.1, 0.15) is 25.0 Å². The van der Waals surface area contributed by atoms with Gasteiger partial charge < -0.3 is 15.0 Å². The number of hydrogen-bond acceptors (Lipinski definition) is 6. The van der Waals surface area contributed by atoms with Crippen molar-refractivity contribution in [3.8, 4) is 11.4 Å². The third-order valence-corrected chi connectivity index (χ3v) is 5.42. The second-order valence-electron chi connectivity index (χ2n) is 7.65. The molecule has 0 aromatic carbocycles. The number of pyridine rings is 1. The molecule has 1 atom stereocenters. The van der Waals surface area contributed by atoms with E-state index in [1.807, 2.05) is 0 Å². The molecule has 1 unspecified atom stereocenters. The molecule has 9 heteroatoms. The molecule has 1 N–H and O–H groups in total. The zero-order valence-electron chi connectivity index (χ0n) is 16.0. The third-order valence-electron chi connectivity index (χ3n) is 5.42. The summed E-state index contributed by atoms with van der Waals surface area (Å²) >= 11 is 0. The molecule has 2 saturated heterocycles. The molecule has 0 saturated carbocycles. The molecule has 2 aliphatic rings. The lowest BCUT2D eigenvalue weighted by Gasteiger charge is -2.33. The molecule has 2 aromatic heterocycles. The lowest BCUT2D eigenvalue weighted by Crippen LogP contribution is -2.41. The van der Waals surface area contributed by atoms with E-state index in [0.717, 1.165) is 58.2 Å². The summed E-state index contributed by atoms with van der Waals surface area (Å²) in [5, 5.41) is 3.19. The van der Waals surface area contributed by atoms with Crippen molar-refractivity contribution in [2.24, 2.45) is 5.92 Å². The second-order valence-corrected chi connectivity index (χ2v) is 7.65. The molecule has 4 heterocycles. The third kappa shape index (κ3) is 5.22. The van der Waals surface area contributed by atoms with Crippen LogP contribution in [0, 0.1) is 5.92 Å². The van der Waals surface area contributed by atoms with Gasteiger partial charge in [0.2, 0.25) is 0 Å². The van der Waals surface area contributed by atoms with Crippen molar-refractivity contribution >= 4 is 5.82 Å². The van der Waals surface area contributed by atoms with Crippen LogP contribution in [0.15, 0.2) is 30.6 Å². The highest BCUT2D eigenvalue weighted by atomic mass is 19.4. The number of anilines is 1. The monoisotopic (exact) mass is 407 g/mol. The first-order valence-electron chi connectivity index (χ1n) is 9.91. The number of halogens is 3. The Hall–Kier alpha value is -2.26. The number of alkyl halides is 3. The molecule has 2 aromatic rings. The first-order chi connectivity index (χ1) is 14.0. The summed E-state index contributed by atoms with van der Waals surface area (Å²) in [7, 11) is 0. The molecule has 2 aliphatic heterocycles. The van der Waals surface area contributed by atoms with E-state index in [1.54, 1.807) is 18.3 Å². The van der Waals surface area contributed by atoms with Crippen LogP contribution >= 0.6 is 0 Å². The summed E-state index contributed by atoms with van der Waals surface area (Å²) in [6.07, 6.45) is 1.31. The van der Waals surface area contributed by atoms with Crippen molar-refractivity contribution in [2.75, 3.05) is 38.2 Å². The highest BCUT2D eigenvalue weighted by Crippen LogP contribution is 2.31. The Balaban J connectivity index is 1.44. The Morgan fingerprint density at radius 2 is 2.00 bits per heavy atom. The van der Waals surface area contributed by atoms with Crippen molar-refractivity contribution in [3.63, 3.8) is 0 Å². The standard InChI is InChI=1S/C20H24F3N5O/c21-20(22,23)17-10-18(27-19(26-17)15-2-1-6-24-11-15)25-16-3-7-28(8-4-16)12-14-5-9-29-13-14/h1-2,6,10-11,14,16H,3-5,7-9,12-13H2,(H,25,26,27). The zero-order chi connectivity index (χ0) is 20.3. The van der Waals surface area contributed by atoms with E-state index in [4.69, 9.17) is 4.74 Å². The molecule has 156 valence electrons. The van der Waals surface area contributed by atoms with E-state index in [0.29, 0.717) is 11.5 Å². The lowest BCUT2D eigenvalue weighted by molar-refractivity contribution is -0.141. The van der Waals surface area contributed by atoms with Gasteiger partial charge >= 0.3 is 6.18 Å². The van der Waals surface area contributed by atoms with Gasteiger partial charge in [-0.3, -0.25) is 4.98 Å². The van der Waals surface area contributed by atoms with Crippen LogP contribution in [0.4, 0.5) is 19.0 Å². The van der Waals surface area contributed by atoms with Crippen LogP contribution in [0.5, 0.6) is 0 Å². The molecule has 6 nitrogen and oxygen atoms in total. The molecule has 0 aliphatic carbocycles. The number of nitrogens with zero attached hydrogens (tertiary/aromatic N) is 4. The van der Waals surface area contributed by atoms with Gasteiger partial charge in [-0.05, 0) is 37.3 Å². The molecule has 29 heavy (non-hydrogen) atoms. The van der Waals surface area contributed by atoms with E-state index >= 15 is 0 Å². The minimum absolute atomic E-state index is 0.0223. The summed E-state index contributed by atoms with van der Waals surface area (Å²) in [4.78, 5) is 14.4. The van der Waals surface area contributed by atoms with Gasteiger partial charge in [0.15, 0.2) is 11.5 Å². The largest absolute Gasteiger partial charge is 0.433 e. The zero-order valence-corrected chi connectivity index (χ0v) is 16.0. The van der Waals surface area contributed by atoms with Crippen molar-refractivity contribution in [1.29, 1.82) is 0 Å². The number of hydrogen-bond donors (Lipinski definition) is 1. The van der Waals surface area contributed by atoms with Crippen LogP contribution < -0.4 is 5.32 Å². The van der Waals surface area contributed by atoms with Crippen LogP contribution in [0.3, 0.4) is 0 Å². The summed E-state index contributed by atoms with van der Waals surface area (Å²) in [5.41, 5.74) is -0.497. The minimum atomic E-state index is -4.54. The van der Waals surface area contributed by atoms with Crippen molar-refractivity contribution in [3.05, 3.63) is 36.3 Å². The normalized spacial score (nSPS) is 21.4. The maximum absolute atomic E-state index is 13.3. The fourth-order valence-electron chi connectivity index (χ4n) is 3.85. The Labute approximate surface area is 167 Å². The van der Waals surface area contributed by atoms with Crippen LogP contribution in [-0.2, 0) is 10.9 Å². The second kappa shape index (κ2) is 8.62. The fourth-order valence-corrected chi connectivity index (χ4v) is 3.85. The van der Waals surface area contributed by atoms with Crippen molar-refractivity contribution in [2.45, 2.75) is 31.5 Å². The number of rotatable bonds is 5. The summed E-state index contributed by atoms with van der Waals surface area (Å²) < 4.78 is 45.4. The number of aromatic nitrogens is 3. The number of nitrogens with one attached hydrogen (secondary N) is 1. The Morgan fingerprint density at radius 1 is 1.17 bits per heavy atom. The highest BCUT2D eigenvalue weighted by Gasteiger charge is 2.34. The van der Waals surface area contributed by atoms with Crippen molar-refractivity contribution in [1.82, 2.24) is 19.9 Å². The summed E-state index contributed by atoms with van der Waals surface area (Å²) in [6.45, 7) is 4.54. The van der Waals surface area contributed by atoms with Gasteiger partial charge in [-0.1, -0.05) is 0 Å². The van der Waals surface area contributed by atoms with E-state index in [9.17, 15) is 13.2 Å². The lowest BCUT2D eigenvalue weighted by atomic mass is 10.0. The van der Waals surface area contributed by atoms with Crippen LogP contribution in [0.2, 0.25) is 0 Å². The Kier molecular flexibility index (Phi) is 5.96. The first kappa shape index (κ1) is 20.0. The quantitative estimate of drug-likeness (QED) is 0.819.